The Labute approximate surface area is 77.4 Å². The number of anilines is 1. The number of azo groups is 1. The van der Waals surface area contributed by atoms with Crippen LogP contribution in [0.1, 0.15) is 26.2 Å². The van der Waals surface area contributed by atoms with Gasteiger partial charge in [0.1, 0.15) is 11.5 Å². The molecule has 0 aliphatic heterocycles. The third-order valence-corrected chi connectivity index (χ3v) is 1.69. The molecule has 72 valence electrons. The summed E-state index contributed by atoms with van der Waals surface area (Å²) in [6.45, 7) is 2.92. The van der Waals surface area contributed by atoms with Gasteiger partial charge in [-0.15, -0.1) is 0 Å². The number of aromatic amines is 1. The van der Waals surface area contributed by atoms with Gasteiger partial charge >= 0.3 is 0 Å². The van der Waals surface area contributed by atoms with E-state index in [1.165, 1.54) is 12.8 Å². The number of hydrogen-bond donors (Lipinski definition) is 2. The molecule has 13 heavy (non-hydrogen) atoms. The highest BCUT2D eigenvalue weighted by Crippen LogP contribution is 2.17. The van der Waals surface area contributed by atoms with Crippen molar-refractivity contribution >= 4 is 11.5 Å². The summed E-state index contributed by atoms with van der Waals surface area (Å²) in [4.78, 5) is 0. The van der Waals surface area contributed by atoms with E-state index in [0.29, 0.717) is 11.5 Å². The molecule has 1 aromatic rings. The van der Waals surface area contributed by atoms with Crippen LogP contribution in [0.25, 0.3) is 0 Å². The molecule has 0 fully saturated rings. The second kappa shape index (κ2) is 5.29. The zero-order valence-corrected chi connectivity index (χ0v) is 7.82. The van der Waals surface area contributed by atoms with Crippen LogP contribution in [0.15, 0.2) is 16.4 Å². The maximum Gasteiger partial charge on any atom is 0.147 e. The third-order valence-electron chi connectivity index (χ3n) is 1.69. The molecule has 5 heteroatoms. The summed E-state index contributed by atoms with van der Waals surface area (Å²) in [7, 11) is 0. The molecular formula is C8H15N5. The fraction of sp³-hybridized carbons (Fsp3) is 0.625. The molecular weight excluding hydrogens is 166 g/mol. The van der Waals surface area contributed by atoms with Crippen molar-refractivity contribution in [2.45, 2.75) is 26.2 Å². The largest absolute Gasteiger partial charge is 0.382 e. The van der Waals surface area contributed by atoms with Crippen LogP contribution < -0.4 is 5.73 Å². The predicted molar refractivity (Wildman–Crippen MR) is 51.9 cm³/mol. The first-order chi connectivity index (χ1) is 6.34. The number of nitrogens with zero attached hydrogens (tertiary/aromatic N) is 3. The van der Waals surface area contributed by atoms with Gasteiger partial charge in [0.25, 0.3) is 0 Å². The average Bonchev–Trinajstić information content (AvgIpc) is 2.52. The van der Waals surface area contributed by atoms with Crippen molar-refractivity contribution in [1.82, 2.24) is 10.2 Å². The Bertz CT molecular complexity index is 265. The van der Waals surface area contributed by atoms with Crippen LogP contribution in [0, 0.1) is 0 Å². The van der Waals surface area contributed by atoms with Crippen LogP contribution in [-0.4, -0.2) is 16.7 Å². The zero-order valence-electron chi connectivity index (χ0n) is 7.82. The van der Waals surface area contributed by atoms with E-state index in [9.17, 15) is 0 Å². The van der Waals surface area contributed by atoms with Crippen molar-refractivity contribution in [3.63, 3.8) is 0 Å². The van der Waals surface area contributed by atoms with Crippen LogP contribution in [0.4, 0.5) is 11.5 Å². The number of nitrogens with two attached hydrogens (primary N) is 1. The molecule has 0 saturated heterocycles. The Kier molecular flexibility index (Phi) is 3.95. The van der Waals surface area contributed by atoms with Crippen LogP contribution in [0.2, 0.25) is 0 Å². The number of nitrogens with one attached hydrogen (secondary N) is 1. The number of rotatable bonds is 5. The quantitative estimate of drug-likeness (QED) is 0.539. The molecule has 0 aromatic carbocycles. The van der Waals surface area contributed by atoms with Gasteiger partial charge in [0, 0.05) is 0 Å². The highest BCUT2D eigenvalue weighted by atomic mass is 15.2. The van der Waals surface area contributed by atoms with Gasteiger partial charge in [-0.1, -0.05) is 19.8 Å². The lowest BCUT2D eigenvalue weighted by atomic mass is 10.3. The normalized spacial score (nSPS) is 11.2. The average molecular weight is 181 g/mol. The minimum Gasteiger partial charge on any atom is -0.382 e. The van der Waals surface area contributed by atoms with E-state index in [1.807, 2.05) is 0 Å². The summed E-state index contributed by atoms with van der Waals surface area (Å²) in [5.74, 6) is 0.472. The Balaban J connectivity index is 2.28. The summed E-state index contributed by atoms with van der Waals surface area (Å²) in [6.07, 6.45) is 5.04. The molecule has 0 spiro atoms. The number of nitrogen functional groups attached to an aromatic ring is 1. The smallest absolute Gasteiger partial charge is 0.147 e. The van der Waals surface area contributed by atoms with Crippen molar-refractivity contribution in [3.05, 3.63) is 6.20 Å². The Morgan fingerprint density at radius 2 is 2.38 bits per heavy atom. The number of aromatic nitrogens is 2. The molecule has 3 N–H and O–H groups in total. The van der Waals surface area contributed by atoms with E-state index in [1.54, 1.807) is 6.20 Å². The van der Waals surface area contributed by atoms with Gasteiger partial charge in [-0.3, -0.25) is 5.10 Å². The van der Waals surface area contributed by atoms with Gasteiger partial charge in [0.15, 0.2) is 0 Å². The summed E-state index contributed by atoms with van der Waals surface area (Å²) < 4.78 is 0. The minimum absolute atomic E-state index is 0.472. The maximum atomic E-state index is 5.51. The van der Waals surface area contributed by atoms with Crippen molar-refractivity contribution in [2.24, 2.45) is 10.2 Å². The van der Waals surface area contributed by atoms with Crippen molar-refractivity contribution in [3.8, 4) is 0 Å². The highest BCUT2D eigenvalue weighted by molar-refractivity contribution is 5.54. The summed E-state index contributed by atoms with van der Waals surface area (Å²) in [5.41, 5.74) is 6.13. The lowest BCUT2D eigenvalue weighted by molar-refractivity contribution is 0.713. The summed E-state index contributed by atoms with van der Waals surface area (Å²) in [5, 5.41) is 14.3. The van der Waals surface area contributed by atoms with Gasteiger partial charge < -0.3 is 5.73 Å². The van der Waals surface area contributed by atoms with E-state index >= 15 is 0 Å². The summed E-state index contributed by atoms with van der Waals surface area (Å²) in [6, 6.07) is 0. The molecule has 0 atom stereocenters. The molecule has 5 nitrogen and oxygen atoms in total. The molecule has 0 unspecified atom stereocenters. The highest BCUT2D eigenvalue weighted by Gasteiger charge is 1.96. The zero-order chi connectivity index (χ0) is 9.52. The number of H-pyrrole nitrogens is 1. The van der Waals surface area contributed by atoms with Crippen LogP contribution in [0.3, 0.4) is 0 Å². The lowest BCUT2D eigenvalue weighted by Crippen LogP contribution is -1.83. The fourth-order valence-corrected chi connectivity index (χ4v) is 0.928. The first-order valence-corrected chi connectivity index (χ1v) is 4.51. The minimum atomic E-state index is 0.472. The third kappa shape index (κ3) is 3.23. The second-order valence-corrected chi connectivity index (χ2v) is 2.84. The predicted octanol–water partition coefficient (Wildman–Crippen LogP) is 2.27. The van der Waals surface area contributed by atoms with Crippen molar-refractivity contribution < 1.29 is 0 Å². The monoisotopic (exact) mass is 181 g/mol. The second-order valence-electron chi connectivity index (χ2n) is 2.84. The molecule has 0 bridgehead atoms. The fourth-order valence-electron chi connectivity index (χ4n) is 0.928. The SMILES string of the molecule is CCCCCN=Nc1cn[nH]c1N. The molecule has 0 aliphatic rings. The van der Waals surface area contributed by atoms with E-state index < -0.39 is 0 Å². The summed E-state index contributed by atoms with van der Waals surface area (Å²) >= 11 is 0. The Hall–Kier alpha value is -1.39. The first kappa shape index (κ1) is 9.70. The van der Waals surface area contributed by atoms with Gasteiger partial charge in [0.2, 0.25) is 0 Å². The van der Waals surface area contributed by atoms with Crippen molar-refractivity contribution in [1.29, 1.82) is 0 Å². The molecule has 0 radical (unpaired) electrons. The van der Waals surface area contributed by atoms with Gasteiger partial charge in [-0.05, 0) is 6.42 Å². The maximum absolute atomic E-state index is 5.51. The van der Waals surface area contributed by atoms with E-state index in [2.05, 4.69) is 27.3 Å². The first-order valence-electron chi connectivity index (χ1n) is 4.51. The Morgan fingerprint density at radius 3 is 3.00 bits per heavy atom. The van der Waals surface area contributed by atoms with E-state index in [4.69, 9.17) is 5.73 Å². The van der Waals surface area contributed by atoms with Gasteiger partial charge in [-0.25, -0.2) is 0 Å². The standard InChI is InChI=1S/C8H15N5/c1-2-3-4-5-10-12-7-6-11-13-8(7)9/h6H,2-5H2,1H3,(H3,9,11,13). The lowest BCUT2D eigenvalue weighted by Gasteiger charge is -1.90. The molecule has 1 rings (SSSR count). The van der Waals surface area contributed by atoms with Crippen LogP contribution >= 0.6 is 0 Å². The topological polar surface area (TPSA) is 79.4 Å². The molecule has 0 aliphatic carbocycles. The van der Waals surface area contributed by atoms with Gasteiger partial charge in [-0.2, -0.15) is 15.3 Å². The van der Waals surface area contributed by atoms with Gasteiger partial charge in [0.05, 0.1) is 12.7 Å². The van der Waals surface area contributed by atoms with Crippen molar-refractivity contribution in [2.75, 3.05) is 12.3 Å². The van der Waals surface area contributed by atoms with Crippen LogP contribution in [0.5, 0.6) is 0 Å². The molecule has 1 aromatic heterocycles. The number of unbranched alkanes of at least 4 members (excludes halogenated alkanes) is 2. The van der Waals surface area contributed by atoms with Crippen LogP contribution in [-0.2, 0) is 0 Å². The molecule has 0 amide bonds. The van der Waals surface area contributed by atoms with E-state index in [-0.39, 0.29) is 0 Å². The molecule has 1 heterocycles. The van der Waals surface area contributed by atoms with E-state index in [0.717, 1.165) is 13.0 Å². The number of hydrogen-bond acceptors (Lipinski definition) is 4. The molecule has 0 saturated carbocycles. The Morgan fingerprint density at radius 1 is 1.54 bits per heavy atom.